The summed E-state index contributed by atoms with van der Waals surface area (Å²) < 4.78 is 0. The number of nitrogens with one attached hydrogen (secondary N) is 2. The summed E-state index contributed by atoms with van der Waals surface area (Å²) in [5.74, 6) is 0.925. The highest BCUT2D eigenvalue weighted by Gasteiger charge is 2.54. The minimum Gasteiger partial charge on any atom is -0.480 e. The molecule has 4 aliphatic carbocycles. The fourth-order valence-electron chi connectivity index (χ4n) is 5.87. The van der Waals surface area contributed by atoms with Crippen molar-refractivity contribution in [2.24, 2.45) is 23.2 Å². The first-order valence-corrected chi connectivity index (χ1v) is 10.3. The molecule has 5 rings (SSSR count). The zero-order valence-electron chi connectivity index (χ0n) is 16.2. The lowest BCUT2D eigenvalue weighted by Gasteiger charge is -2.55. The average molecular weight is 384 g/mol. The summed E-state index contributed by atoms with van der Waals surface area (Å²) in [5, 5.41) is 14.4. The van der Waals surface area contributed by atoms with Gasteiger partial charge in [-0.2, -0.15) is 0 Å². The number of hydrogen-bond acceptors (Lipinski definition) is 3. The highest BCUT2D eigenvalue weighted by Crippen LogP contribution is 2.60. The van der Waals surface area contributed by atoms with Gasteiger partial charge in [-0.15, -0.1) is 0 Å². The summed E-state index contributed by atoms with van der Waals surface area (Å²) in [6.07, 6.45) is 7.09. The molecular weight excluding hydrogens is 356 g/mol. The fraction of sp³-hybridized carbons (Fsp3) is 0.591. The van der Waals surface area contributed by atoms with Crippen LogP contribution in [-0.2, 0) is 16.1 Å². The number of rotatable bonds is 6. The van der Waals surface area contributed by atoms with E-state index in [9.17, 15) is 14.4 Å². The lowest BCUT2D eigenvalue weighted by atomic mass is 9.49. The number of carbonyl (C=O) groups excluding carboxylic acids is 2. The molecule has 0 saturated heterocycles. The molecule has 150 valence electrons. The van der Waals surface area contributed by atoms with E-state index in [1.54, 1.807) is 24.3 Å². The van der Waals surface area contributed by atoms with Gasteiger partial charge in [-0.3, -0.25) is 14.4 Å². The summed E-state index contributed by atoms with van der Waals surface area (Å²) in [6.45, 7) is 1.88. The minimum absolute atomic E-state index is 0.151. The molecule has 4 aliphatic rings. The van der Waals surface area contributed by atoms with E-state index in [1.165, 1.54) is 26.2 Å². The van der Waals surface area contributed by atoms with Crippen LogP contribution >= 0.6 is 0 Å². The second-order valence-corrected chi connectivity index (χ2v) is 9.11. The monoisotopic (exact) mass is 384 g/mol. The van der Waals surface area contributed by atoms with Gasteiger partial charge in [0, 0.05) is 17.5 Å². The largest absolute Gasteiger partial charge is 0.480 e. The molecule has 6 heteroatoms. The van der Waals surface area contributed by atoms with E-state index in [2.05, 4.69) is 10.6 Å². The molecule has 4 fully saturated rings. The molecule has 2 amide bonds. The van der Waals surface area contributed by atoms with Gasteiger partial charge in [-0.1, -0.05) is 12.1 Å². The molecule has 4 saturated carbocycles. The van der Waals surface area contributed by atoms with Crippen LogP contribution in [0.15, 0.2) is 24.3 Å². The van der Waals surface area contributed by atoms with Crippen molar-refractivity contribution in [1.82, 2.24) is 10.6 Å². The van der Waals surface area contributed by atoms with Crippen molar-refractivity contribution in [2.45, 2.75) is 58.0 Å². The molecule has 0 aromatic heterocycles. The maximum absolute atomic E-state index is 13.0. The first kappa shape index (κ1) is 19.0. The van der Waals surface area contributed by atoms with Gasteiger partial charge in [-0.05, 0) is 80.9 Å². The van der Waals surface area contributed by atoms with Crippen molar-refractivity contribution in [3.05, 3.63) is 35.4 Å². The smallest absolute Gasteiger partial charge is 0.325 e. The van der Waals surface area contributed by atoms with E-state index >= 15 is 0 Å². The van der Waals surface area contributed by atoms with Gasteiger partial charge in [0.25, 0.3) is 5.91 Å². The van der Waals surface area contributed by atoms with Crippen molar-refractivity contribution in [1.29, 1.82) is 0 Å². The van der Waals surface area contributed by atoms with Crippen LogP contribution in [-0.4, -0.2) is 28.9 Å². The number of carboxylic acids is 1. The van der Waals surface area contributed by atoms with E-state index < -0.39 is 17.9 Å². The summed E-state index contributed by atoms with van der Waals surface area (Å²) >= 11 is 0. The molecule has 0 unspecified atom stereocenters. The maximum Gasteiger partial charge on any atom is 0.325 e. The third-order valence-electron chi connectivity index (χ3n) is 6.91. The second kappa shape index (κ2) is 7.22. The Bertz CT molecular complexity index is 751. The molecule has 4 bridgehead atoms. The number of aliphatic carboxylic acids is 1. The summed E-state index contributed by atoms with van der Waals surface area (Å²) in [5.41, 5.74) is 1.19. The average Bonchev–Trinajstić information content (AvgIpc) is 2.65. The van der Waals surface area contributed by atoms with Crippen LogP contribution in [0.5, 0.6) is 0 Å². The van der Waals surface area contributed by atoms with E-state index in [-0.39, 0.29) is 11.3 Å². The van der Waals surface area contributed by atoms with Gasteiger partial charge in [-0.25, -0.2) is 0 Å². The van der Waals surface area contributed by atoms with Gasteiger partial charge in [0.1, 0.15) is 6.04 Å². The number of amides is 2. The van der Waals surface area contributed by atoms with Crippen molar-refractivity contribution in [3.8, 4) is 0 Å². The number of benzene rings is 1. The zero-order valence-corrected chi connectivity index (χ0v) is 16.2. The topological polar surface area (TPSA) is 95.5 Å². The van der Waals surface area contributed by atoms with Gasteiger partial charge < -0.3 is 15.7 Å². The Morgan fingerprint density at radius 1 is 1.04 bits per heavy atom. The lowest BCUT2D eigenvalue weighted by Crippen LogP contribution is -2.53. The van der Waals surface area contributed by atoms with Gasteiger partial charge in [0.2, 0.25) is 5.91 Å². The number of hydrogen-bond donors (Lipinski definition) is 3. The Balaban J connectivity index is 1.33. The van der Waals surface area contributed by atoms with Crippen LogP contribution in [0.1, 0.15) is 61.4 Å². The molecule has 1 atom stereocenters. The second-order valence-electron chi connectivity index (χ2n) is 9.11. The Labute approximate surface area is 165 Å². The lowest BCUT2D eigenvalue weighted by molar-refractivity contribution is -0.146. The first-order valence-electron chi connectivity index (χ1n) is 10.3. The number of carboxylic acid groups (broad SMARTS) is 1. The molecule has 0 heterocycles. The van der Waals surface area contributed by atoms with Gasteiger partial charge in [0.05, 0.1) is 0 Å². The van der Waals surface area contributed by atoms with Gasteiger partial charge >= 0.3 is 5.97 Å². The van der Waals surface area contributed by atoms with Crippen LogP contribution in [0.3, 0.4) is 0 Å². The van der Waals surface area contributed by atoms with Crippen molar-refractivity contribution >= 4 is 17.8 Å². The highest BCUT2D eigenvalue weighted by molar-refractivity contribution is 5.96. The predicted molar refractivity (Wildman–Crippen MR) is 103 cm³/mol. The Hall–Kier alpha value is -2.37. The van der Waals surface area contributed by atoms with Gasteiger partial charge in [0.15, 0.2) is 0 Å². The molecule has 0 aliphatic heterocycles. The highest BCUT2D eigenvalue weighted by atomic mass is 16.4. The van der Waals surface area contributed by atoms with E-state index in [1.807, 2.05) is 0 Å². The molecular formula is C22H28N2O4. The number of carbonyl (C=O) groups is 3. The molecule has 0 radical (unpaired) electrons. The van der Waals surface area contributed by atoms with E-state index in [4.69, 9.17) is 5.11 Å². The van der Waals surface area contributed by atoms with E-state index in [0.29, 0.717) is 12.1 Å². The third-order valence-corrected chi connectivity index (χ3v) is 6.91. The zero-order chi connectivity index (χ0) is 19.9. The molecule has 28 heavy (non-hydrogen) atoms. The molecule has 1 aromatic rings. The SMILES string of the molecule is C[C@H](NC(=O)c1ccc(CNC(=O)C23CC4CC(CC(C4)C2)C3)cc1)C(=O)O. The van der Waals surface area contributed by atoms with Crippen LogP contribution in [0.2, 0.25) is 0 Å². The van der Waals surface area contributed by atoms with Crippen molar-refractivity contribution in [3.63, 3.8) is 0 Å². The summed E-state index contributed by atoms with van der Waals surface area (Å²) in [4.78, 5) is 35.9. The first-order chi connectivity index (χ1) is 13.3. The van der Waals surface area contributed by atoms with Crippen molar-refractivity contribution < 1.29 is 19.5 Å². The Kier molecular flexibility index (Phi) is 4.89. The molecule has 3 N–H and O–H groups in total. The summed E-state index contributed by atoms with van der Waals surface area (Å²) in [6, 6.07) is 6.00. The summed E-state index contributed by atoms with van der Waals surface area (Å²) in [7, 11) is 0. The van der Waals surface area contributed by atoms with Crippen LogP contribution in [0.4, 0.5) is 0 Å². The Morgan fingerprint density at radius 2 is 1.57 bits per heavy atom. The third kappa shape index (κ3) is 3.64. The Morgan fingerprint density at radius 3 is 2.07 bits per heavy atom. The minimum atomic E-state index is -1.07. The van der Waals surface area contributed by atoms with Crippen LogP contribution in [0, 0.1) is 23.2 Å². The van der Waals surface area contributed by atoms with E-state index in [0.717, 1.165) is 42.6 Å². The molecule has 1 aromatic carbocycles. The fourth-order valence-corrected chi connectivity index (χ4v) is 5.87. The quantitative estimate of drug-likeness (QED) is 0.703. The normalized spacial score (nSPS) is 31.2. The molecule has 0 spiro atoms. The maximum atomic E-state index is 13.0. The van der Waals surface area contributed by atoms with Crippen molar-refractivity contribution in [2.75, 3.05) is 0 Å². The standard InChI is InChI=1S/C22H28N2O4/c1-13(20(26)27)24-19(25)18-4-2-14(3-5-18)12-23-21(28)22-9-15-6-16(10-22)8-17(7-15)11-22/h2-5,13,15-17H,6-12H2,1H3,(H,23,28)(H,24,25)(H,26,27)/t13-,15?,16?,17?,22?/m0/s1. The predicted octanol–water partition coefficient (Wildman–Crippen LogP) is 2.72. The van der Waals surface area contributed by atoms with Crippen LogP contribution in [0.25, 0.3) is 0 Å². The molecule has 6 nitrogen and oxygen atoms in total. The van der Waals surface area contributed by atoms with Crippen LogP contribution < -0.4 is 10.6 Å².